The number of sulfone groups is 1. The molecule has 29 heavy (non-hydrogen) atoms. The quantitative estimate of drug-likeness (QED) is 0.639. The highest BCUT2D eigenvalue weighted by Gasteiger charge is 2.26. The first-order chi connectivity index (χ1) is 13.7. The largest absolute Gasteiger partial charge is 0.478 e. The SMILES string of the molecule is CC(C)c1noc(N2CCC(C(C)CCOc3ccc(S(C)(=O)=O)cn3)CC2)n1. The third-order valence-electron chi connectivity index (χ3n) is 5.52. The summed E-state index contributed by atoms with van der Waals surface area (Å²) < 4.78 is 34.0. The van der Waals surface area contributed by atoms with Crippen molar-refractivity contribution < 1.29 is 17.7 Å². The Morgan fingerprint density at radius 1 is 1.24 bits per heavy atom. The Hall–Kier alpha value is -2.16. The minimum atomic E-state index is -3.23. The number of anilines is 1. The molecule has 0 N–H and O–H groups in total. The molecule has 0 radical (unpaired) electrons. The van der Waals surface area contributed by atoms with E-state index in [1.165, 1.54) is 18.5 Å². The molecule has 0 aliphatic carbocycles. The van der Waals surface area contributed by atoms with Gasteiger partial charge in [0.25, 0.3) is 0 Å². The normalized spacial score (nSPS) is 16.9. The van der Waals surface area contributed by atoms with Gasteiger partial charge in [-0.15, -0.1) is 0 Å². The second kappa shape index (κ2) is 9.11. The molecule has 0 saturated carbocycles. The van der Waals surface area contributed by atoms with Crippen molar-refractivity contribution in [2.45, 2.75) is 50.8 Å². The molecule has 1 fully saturated rings. The lowest BCUT2D eigenvalue weighted by atomic mass is 9.84. The van der Waals surface area contributed by atoms with Crippen molar-refractivity contribution in [3.05, 3.63) is 24.2 Å². The van der Waals surface area contributed by atoms with Crippen LogP contribution in [0, 0.1) is 11.8 Å². The molecule has 1 aliphatic rings. The average Bonchev–Trinajstić information content (AvgIpc) is 3.18. The number of pyridine rings is 1. The molecular weight excluding hydrogens is 392 g/mol. The summed E-state index contributed by atoms with van der Waals surface area (Å²) in [5, 5.41) is 4.05. The Morgan fingerprint density at radius 2 is 1.97 bits per heavy atom. The predicted molar refractivity (Wildman–Crippen MR) is 110 cm³/mol. The van der Waals surface area contributed by atoms with E-state index in [1.54, 1.807) is 6.07 Å². The van der Waals surface area contributed by atoms with Crippen molar-refractivity contribution in [2.24, 2.45) is 11.8 Å². The monoisotopic (exact) mass is 422 g/mol. The maximum absolute atomic E-state index is 11.5. The van der Waals surface area contributed by atoms with Gasteiger partial charge < -0.3 is 14.2 Å². The van der Waals surface area contributed by atoms with E-state index in [9.17, 15) is 8.42 Å². The number of aromatic nitrogens is 3. The molecule has 9 heteroatoms. The fourth-order valence-electron chi connectivity index (χ4n) is 3.51. The highest BCUT2D eigenvalue weighted by atomic mass is 32.2. The number of hydrogen-bond donors (Lipinski definition) is 0. The molecule has 1 saturated heterocycles. The molecule has 0 bridgehead atoms. The topological polar surface area (TPSA) is 98.4 Å². The molecule has 160 valence electrons. The van der Waals surface area contributed by atoms with Crippen LogP contribution in [-0.2, 0) is 9.84 Å². The van der Waals surface area contributed by atoms with E-state index >= 15 is 0 Å². The smallest absolute Gasteiger partial charge is 0.324 e. The molecule has 3 heterocycles. The number of nitrogens with zero attached hydrogens (tertiary/aromatic N) is 4. The van der Waals surface area contributed by atoms with Crippen molar-refractivity contribution in [1.82, 2.24) is 15.1 Å². The minimum Gasteiger partial charge on any atom is -0.478 e. The van der Waals surface area contributed by atoms with Crippen LogP contribution < -0.4 is 9.64 Å². The highest BCUT2D eigenvalue weighted by Crippen LogP contribution is 2.29. The molecule has 3 rings (SSSR count). The summed E-state index contributed by atoms with van der Waals surface area (Å²) in [6, 6.07) is 3.76. The van der Waals surface area contributed by atoms with Crippen LogP contribution in [0.25, 0.3) is 0 Å². The van der Waals surface area contributed by atoms with E-state index < -0.39 is 9.84 Å². The van der Waals surface area contributed by atoms with Crippen LogP contribution in [0.4, 0.5) is 6.01 Å². The van der Waals surface area contributed by atoms with Crippen LogP contribution in [0.5, 0.6) is 5.88 Å². The maximum atomic E-state index is 11.5. The summed E-state index contributed by atoms with van der Waals surface area (Å²) in [7, 11) is -3.23. The molecular formula is C20H30N4O4S. The van der Waals surface area contributed by atoms with Crippen LogP contribution in [0.1, 0.15) is 51.8 Å². The second-order valence-electron chi connectivity index (χ2n) is 8.13. The molecule has 0 aromatic carbocycles. The first kappa shape index (κ1) is 21.5. The Morgan fingerprint density at radius 3 is 2.52 bits per heavy atom. The van der Waals surface area contributed by atoms with E-state index in [0.29, 0.717) is 30.3 Å². The van der Waals surface area contributed by atoms with Gasteiger partial charge in [-0.2, -0.15) is 4.98 Å². The van der Waals surface area contributed by atoms with Crippen LogP contribution in [0.15, 0.2) is 27.7 Å². The van der Waals surface area contributed by atoms with Crippen molar-refractivity contribution in [1.29, 1.82) is 0 Å². The Bertz CT molecular complexity index is 887. The molecule has 2 aromatic heterocycles. The van der Waals surface area contributed by atoms with E-state index in [1.807, 2.05) is 0 Å². The molecule has 0 spiro atoms. The number of rotatable bonds is 8. The van der Waals surface area contributed by atoms with Gasteiger partial charge >= 0.3 is 6.01 Å². The van der Waals surface area contributed by atoms with Crippen LogP contribution in [0.2, 0.25) is 0 Å². The Balaban J connectivity index is 1.42. The zero-order valence-corrected chi connectivity index (χ0v) is 18.4. The van der Waals surface area contributed by atoms with Crippen LogP contribution >= 0.6 is 0 Å². The number of piperidine rings is 1. The average molecular weight is 423 g/mol. The van der Waals surface area contributed by atoms with Crippen molar-refractivity contribution >= 4 is 15.9 Å². The number of ether oxygens (including phenoxy) is 1. The highest BCUT2D eigenvalue weighted by molar-refractivity contribution is 7.90. The third kappa shape index (κ3) is 5.68. The molecule has 8 nitrogen and oxygen atoms in total. The first-order valence-electron chi connectivity index (χ1n) is 10.1. The molecule has 1 atom stereocenters. The summed E-state index contributed by atoms with van der Waals surface area (Å²) in [6.45, 7) is 8.77. The molecule has 1 aliphatic heterocycles. The van der Waals surface area contributed by atoms with E-state index in [0.717, 1.165) is 38.2 Å². The van der Waals surface area contributed by atoms with Crippen molar-refractivity contribution in [3.8, 4) is 5.88 Å². The summed E-state index contributed by atoms with van der Waals surface area (Å²) in [5.41, 5.74) is 0. The van der Waals surface area contributed by atoms with Gasteiger partial charge in [0, 0.05) is 37.5 Å². The molecule has 0 amide bonds. The van der Waals surface area contributed by atoms with Gasteiger partial charge in [-0.25, -0.2) is 13.4 Å². The van der Waals surface area contributed by atoms with Gasteiger partial charge in [0.1, 0.15) is 0 Å². The van der Waals surface area contributed by atoms with E-state index in [4.69, 9.17) is 9.26 Å². The molecule has 1 unspecified atom stereocenters. The first-order valence-corrected chi connectivity index (χ1v) is 12.0. The summed E-state index contributed by atoms with van der Waals surface area (Å²) in [4.78, 5) is 10.9. The Labute approximate surface area is 172 Å². The summed E-state index contributed by atoms with van der Waals surface area (Å²) in [6.07, 6.45) is 5.60. The zero-order valence-electron chi connectivity index (χ0n) is 17.5. The van der Waals surface area contributed by atoms with Crippen LogP contribution in [0.3, 0.4) is 0 Å². The molecule has 2 aromatic rings. The van der Waals surface area contributed by atoms with Gasteiger partial charge in [0.05, 0.1) is 11.5 Å². The predicted octanol–water partition coefficient (Wildman–Crippen LogP) is 3.31. The van der Waals surface area contributed by atoms with Crippen LogP contribution in [-0.4, -0.2) is 49.5 Å². The fourth-order valence-corrected chi connectivity index (χ4v) is 4.07. The van der Waals surface area contributed by atoms with Crippen molar-refractivity contribution in [3.63, 3.8) is 0 Å². The standard InChI is InChI=1S/C20H30N4O4S/c1-14(2)19-22-20(28-23-19)24-10-7-16(8-11-24)15(3)9-12-27-18-6-5-17(13-21-18)29(4,25)26/h5-6,13-16H,7-12H2,1-4H3. The Kier molecular flexibility index (Phi) is 6.77. The van der Waals surface area contributed by atoms with E-state index in [2.05, 4.69) is 40.8 Å². The fraction of sp³-hybridized carbons (Fsp3) is 0.650. The third-order valence-corrected chi connectivity index (χ3v) is 6.62. The lowest BCUT2D eigenvalue weighted by Crippen LogP contribution is -2.36. The van der Waals surface area contributed by atoms with Gasteiger partial charge in [0.2, 0.25) is 5.88 Å². The summed E-state index contributed by atoms with van der Waals surface area (Å²) in [5.74, 6) is 2.63. The van der Waals surface area contributed by atoms with Gasteiger partial charge in [-0.05, 0) is 37.2 Å². The van der Waals surface area contributed by atoms with Crippen molar-refractivity contribution in [2.75, 3.05) is 30.9 Å². The lowest BCUT2D eigenvalue weighted by molar-refractivity contribution is 0.216. The van der Waals surface area contributed by atoms with Gasteiger partial charge in [-0.3, -0.25) is 0 Å². The zero-order chi connectivity index (χ0) is 21.0. The number of hydrogen-bond acceptors (Lipinski definition) is 8. The maximum Gasteiger partial charge on any atom is 0.324 e. The lowest BCUT2D eigenvalue weighted by Gasteiger charge is -2.33. The minimum absolute atomic E-state index is 0.201. The van der Waals surface area contributed by atoms with Gasteiger partial charge in [0.15, 0.2) is 15.7 Å². The second-order valence-corrected chi connectivity index (χ2v) is 10.1. The summed E-state index contributed by atoms with van der Waals surface area (Å²) >= 11 is 0. The van der Waals surface area contributed by atoms with E-state index in [-0.39, 0.29) is 10.8 Å². The van der Waals surface area contributed by atoms with Gasteiger partial charge in [-0.1, -0.05) is 25.9 Å².